The summed E-state index contributed by atoms with van der Waals surface area (Å²) in [5.74, 6) is 0.713. The lowest BCUT2D eigenvalue weighted by Crippen LogP contribution is -2.59. The number of rotatable bonds is 3. The molecule has 2 rings (SSSR count). The lowest BCUT2D eigenvalue weighted by Gasteiger charge is -2.49. The van der Waals surface area contributed by atoms with E-state index in [4.69, 9.17) is 16.9 Å². The zero-order valence-corrected chi connectivity index (χ0v) is 20.1. The smallest absolute Gasteiger partial charge is 0.0977 e. The Kier molecular flexibility index (Phi) is 7.51. The molecule has 2 fully saturated rings. The van der Waals surface area contributed by atoms with Crippen molar-refractivity contribution in [2.45, 2.75) is 124 Å². The van der Waals surface area contributed by atoms with Gasteiger partial charge >= 0.3 is 0 Å². The van der Waals surface area contributed by atoms with Crippen LogP contribution in [0.3, 0.4) is 0 Å². The van der Waals surface area contributed by atoms with Gasteiger partial charge in [0.25, 0.3) is 0 Å². The third-order valence-electron chi connectivity index (χ3n) is 7.11. The Morgan fingerprint density at radius 3 is 1.63 bits per heavy atom. The van der Waals surface area contributed by atoms with Crippen LogP contribution in [-0.2, 0) is 0 Å². The van der Waals surface area contributed by atoms with E-state index in [0.717, 1.165) is 0 Å². The van der Waals surface area contributed by atoms with Gasteiger partial charge in [-0.1, -0.05) is 89.3 Å². The van der Waals surface area contributed by atoms with Crippen LogP contribution in [-0.4, -0.2) is 22.4 Å². The van der Waals surface area contributed by atoms with Gasteiger partial charge in [0, 0.05) is 29.6 Å². The van der Waals surface area contributed by atoms with E-state index in [1.54, 1.807) is 0 Å². The van der Waals surface area contributed by atoms with Gasteiger partial charge in [-0.2, -0.15) is 0 Å². The van der Waals surface area contributed by atoms with Crippen molar-refractivity contribution < 1.29 is 4.11 Å². The fraction of sp³-hybridized carbons (Fsp3) is 0.958. The van der Waals surface area contributed by atoms with Crippen molar-refractivity contribution >= 4 is 17.5 Å². The minimum Gasteiger partial charge on any atom is -0.0977 e. The summed E-state index contributed by atoms with van der Waals surface area (Å²) in [5.41, 5.74) is 1.43. The molecule has 158 valence electrons. The van der Waals surface area contributed by atoms with Crippen LogP contribution in [0.2, 0.25) is 0 Å². The summed E-state index contributed by atoms with van der Waals surface area (Å²) in [6.45, 7) is 13.7. The van der Waals surface area contributed by atoms with Crippen molar-refractivity contribution in [3.8, 4) is 0 Å². The molecule has 0 amide bonds. The van der Waals surface area contributed by atoms with Gasteiger partial charge in [-0.3, -0.25) is 0 Å². The Bertz CT molecular complexity index is 477. The number of quaternary nitrogens is 1. The Labute approximate surface area is 174 Å². The summed E-state index contributed by atoms with van der Waals surface area (Å²) < 4.78 is 0.321. The number of halogens is 1. The van der Waals surface area contributed by atoms with Crippen LogP contribution in [0, 0.1) is 16.7 Å². The second kappa shape index (κ2) is 8.74. The average molecular weight is 398 g/mol. The molecule has 0 spiro atoms. The van der Waals surface area contributed by atoms with Gasteiger partial charge in [0.1, 0.15) is 12.6 Å². The first-order chi connectivity index (χ1) is 12.4. The minimum absolute atomic E-state index is 0.0312. The minimum atomic E-state index is 0.0312. The Morgan fingerprint density at radius 2 is 1.19 bits per heavy atom. The first-order valence-electron chi connectivity index (χ1n) is 11.6. The summed E-state index contributed by atoms with van der Waals surface area (Å²) >= 11 is 7.46. The highest BCUT2D eigenvalue weighted by Crippen LogP contribution is 2.50. The fourth-order valence-corrected chi connectivity index (χ4v) is 6.40. The van der Waals surface area contributed by atoms with Gasteiger partial charge < -0.3 is 0 Å². The van der Waals surface area contributed by atoms with Crippen LogP contribution in [0.4, 0.5) is 0 Å². The van der Waals surface area contributed by atoms with Crippen LogP contribution < -0.4 is 0 Å². The molecule has 27 heavy (non-hydrogen) atoms. The van der Waals surface area contributed by atoms with E-state index >= 15 is 0 Å². The second-order valence-corrected chi connectivity index (χ2v) is 12.2. The van der Waals surface area contributed by atoms with E-state index in [9.17, 15) is 0 Å². The second-order valence-electron chi connectivity index (χ2n) is 11.5. The summed E-state index contributed by atoms with van der Waals surface area (Å²) in [6, 6.07) is 0. The summed E-state index contributed by atoms with van der Waals surface area (Å²) in [6.07, 6.45) is 16.1. The van der Waals surface area contributed by atoms with Crippen molar-refractivity contribution in [1.29, 1.82) is 0 Å². The van der Waals surface area contributed by atoms with Crippen LogP contribution >= 0.6 is 11.8 Å². The van der Waals surface area contributed by atoms with E-state index in [1.807, 2.05) is 0 Å². The van der Waals surface area contributed by atoms with Crippen LogP contribution in [0.1, 0.15) is 119 Å². The molecule has 0 unspecified atom stereocenters. The van der Waals surface area contributed by atoms with Gasteiger partial charge in [0.15, 0.2) is 11.8 Å². The lowest BCUT2D eigenvalue weighted by molar-refractivity contribution is -0.867. The van der Waals surface area contributed by atoms with Gasteiger partial charge in [0.05, 0.1) is 5.71 Å². The molecular weight excluding hydrogens is 352 g/mol. The summed E-state index contributed by atoms with van der Waals surface area (Å²) in [7, 11) is 2.20. The standard InChI is InChI=1S/C24H46ClN2/c1-22(2,3)21(23(4,5)6)26-27(7,25)24(18-14-11-15-19-24)20-16-12-9-8-10-13-17-20/h20H,8-19H2,1-7H3/q+1/t27-/m0/s1. The topological polar surface area (TPSA) is 12.4 Å². The third kappa shape index (κ3) is 5.50. The highest BCUT2D eigenvalue weighted by atomic mass is 35.5. The number of nitrogens with zero attached hydrogens (tertiary/aromatic N) is 2. The number of hydrogen-bond acceptors (Lipinski definition) is 1. The molecule has 0 N–H and O–H groups in total. The maximum Gasteiger partial charge on any atom is 0.197 e. The van der Waals surface area contributed by atoms with E-state index in [1.165, 1.54) is 82.8 Å². The monoisotopic (exact) mass is 397 g/mol. The van der Waals surface area contributed by atoms with Crippen molar-refractivity contribution in [3.63, 3.8) is 0 Å². The zero-order valence-electron chi connectivity index (χ0n) is 19.3. The molecule has 1 atom stereocenters. The lowest BCUT2D eigenvalue weighted by atomic mass is 9.68. The Morgan fingerprint density at radius 1 is 0.778 bits per heavy atom. The van der Waals surface area contributed by atoms with Crippen LogP contribution in [0.5, 0.6) is 0 Å². The summed E-state index contributed by atoms with van der Waals surface area (Å²) in [5, 5.41) is 5.40. The fourth-order valence-electron chi connectivity index (χ4n) is 6.02. The molecular formula is C24H46ClN2+. The average Bonchev–Trinajstić information content (AvgIpc) is 2.51. The molecule has 0 aromatic rings. The largest absolute Gasteiger partial charge is 0.197 e. The van der Waals surface area contributed by atoms with Crippen molar-refractivity contribution in [2.75, 3.05) is 7.05 Å². The Hall–Kier alpha value is -0.0800. The normalized spacial score (nSPS) is 25.2. The van der Waals surface area contributed by atoms with Crippen LogP contribution in [0.15, 0.2) is 5.10 Å². The molecule has 0 aromatic carbocycles. The maximum atomic E-state index is 7.46. The van der Waals surface area contributed by atoms with Crippen LogP contribution in [0.25, 0.3) is 0 Å². The molecule has 0 saturated heterocycles. The first-order valence-corrected chi connectivity index (χ1v) is 11.9. The SMILES string of the molecule is CC(C)(C)C(=N[N@+](C)(Cl)C1(C2CCCCCCC2)CCCCC1)C(C)(C)C. The zero-order chi connectivity index (χ0) is 20.3. The Balaban J connectivity index is 2.48. The quantitative estimate of drug-likeness (QED) is 0.259. The van der Waals surface area contributed by atoms with E-state index in [-0.39, 0.29) is 16.4 Å². The summed E-state index contributed by atoms with van der Waals surface area (Å²) in [4.78, 5) is 0. The molecule has 2 saturated carbocycles. The maximum absolute atomic E-state index is 7.46. The molecule has 0 radical (unpaired) electrons. The molecule has 0 aliphatic heterocycles. The van der Waals surface area contributed by atoms with Crippen molar-refractivity contribution in [1.82, 2.24) is 0 Å². The van der Waals surface area contributed by atoms with Crippen molar-refractivity contribution in [2.24, 2.45) is 21.8 Å². The van der Waals surface area contributed by atoms with Gasteiger partial charge in [-0.05, 0) is 25.7 Å². The van der Waals surface area contributed by atoms with E-state index in [0.29, 0.717) is 10.0 Å². The first kappa shape index (κ1) is 23.2. The van der Waals surface area contributed by atoms with Crippen molar-refractivity contribution in [3.05, 3.63) is 0 Å². The third-order valence-corrected chi connectivity index (χ3v) is 7.52. The molecule has 2 aliphatic rings. The highest BCUT2D eigenvalue weighted by molar-refractivity contribution is 6.07. The highest BCUT2D eigenvalue weighted by Gasteiger charge is 2.55. The van der Waals surface area contributed by atoms with Gasteiger partial charge in [-0.25, -0.2) is 0 Å². The molecule has 2 aliphatic carbocycles. The molecule has 0 aromatic heterocycles. The molecule has 3 heteroatoms. The van der Waals surface area contributed by atoms with E-state index < -0.39 is 0 Å². The number of hydrogen-bond donors (Lipinski definition) is 0. The predicted molar refractivity (Wildman–Crippen MR) is 120 cm³/mol. The van der Waals surface area contributed by atoms with E-state index in [2.05, 4.69) is 48.6 Å². The van der Waals surface area contributed by atoms with Gasteiger partial charge in [-0.15, -0.1) is 0 Å². The van der Waals surface area contributed by atoms with Gasteiger partial charge in [0.2, 0.25) is 0 Å². The molecule has 0 heterocycles. The predicted octanol–water partition coefficient (Wildman–Crippen LogP) is 8.10. The molecule has 0 bridgehead atoms. The molecule has 2 nitrogen and oxygen atoms in total.